The maximum absolute atomic E-state index is 11.8. The van der Waals surface area contributed by atoms with Crippen molar-refractivity contribution in [3.63, 3.8) is 0 Å². The SMILES string of the molecule is Cc1cc(C)cc(-c2nnc(NC(=O)CNCC3CC3)s2)c1.Cl. The van der Waals surface area contributed by atoms with E-state index in [9.17, 15) is 4.79 Å². The van der Waals surface area contributed by atoms with Crippen molar-refractivity contribution in [1.82, 2.24) is 15.5 Å². The van der Waals surface area contributed by atoms with Crippen LogP contribution in [-0.4, -0.2) is 29.2 Å². The van der Waals surface area contributed by atoms with Gasteiger partial charge in [0.05, 0.1) is 6.54 Å². The molecule has 0 spiro atoms. The molecule has 1 aliphatic carbocycles. The molecular weight excluding hydrogens is 332 g/mol. The molecule has 7 heteroatoms. The summed E-state index contributed by atoms with van der Waals surface area (Å²) in [5, 5.41) is 15.6. The number of hydrogen-bond acceptors (Lipinski definition) is 5. The highest BCUT2D eigenvalue weighted by molar-refractivity contribution is 7.18. The van der Waals surface area contributed by atoms with Gasteiger partial charge in [0.1, 0.15) is 5.01 Å². The molecule has 1 aromatic heterocycles. The number of amides is 1. The number of carbonyl (C=O) groups is 1. The Morgan fingerprint density at radius 2 is 1.91 bits per heavy atom. The summed E-state index contributed by atoms with van der Waals surface area (Å²) in [4.78, 5) is 11.8. The molecule has 1 saturated carbocycles. The lowest BCUT2D eigenvalue weighted by Gasteiger charge is -2.02. The second kappa shape index (κ2) is 7.86. The van der Waals surface area contributed by atoms with Gasteiger partial charge in [-0.2, -0.15) is 0 Å². The van der Waals surface area contributed by atoms with Crippen LogP contribution >= 0.6 is 23.7 Å². The van der Waals surface area contributed by atoms with Gasteiger partial charge in [0, 0.05) is 5.56 Å². The normalized spacial score (nSPS) is 13.5. The third kappa shape index (κ3) is 5.27. The minimum absolute atomic E-state index is 0. The number of rotatable bonds is 6. The Balaban J connectivity index is 0.00000192. The van der Waals surface area contributed by atoms with Crippen molar-refractivity contribution in [2.75, 3.05) is 18.4 Å². The van der Waals surface area contributed by atoms with Crippen LogP contribution in [0, 0.1) is 19.8 Å². The zero-order chi connectivity index (χ0) is 15.5. The van der Waals surface area contributed by atoms with Crippen LogP contribution < -0.4 is 10.6 Å². The Bertz CT molecular complexity index is 664. The maximum Gasteiger partial charge on any atom is 0.240 e. The van der Waals surface area contributed by atoms with Crippen molar-refractivity contribution in [3.05, 3.63) is 29.3 Å². The number of nitrogens with one attached hydrogen (secondary N) is 2. The van der Waals surface area contributed by atoms with Crippen LogP contribution in [0.1, 0.15) is 24.0 Å². The molecule has 0 saturated heterocycles. The lowest BCUT2D eigenvalue weighted by molar-refractivity contribution is -0.115. The third-order valence-corrected chi connectivity index (χ3v) is 4.44. The molecule has 0 aliphatic heterocycles. The Hall–Kier alpha value is -1.50. The molecule has 0 atom stereocenters. The van der Waals surface area contributed by atoms with Crippen LogP contribution in [-0.2, 0) is 4.79 Å². The first-order valence-corrected chi connectivity index (χ1v) is 8.34. The molecule has 23 heavy (non-hydrogen) atoms. The van der Waals surface area contributed by atoms with Gasteiger partial charge in [-0.05, 0) is 51.3 Å². The van der Waals surface area contributed by atoms with E-state index in [0.29, 0.717) is 11.7 Å². The summed E-state index contributed by atoms with van der Waals surface area (Å²) >= 11 is 1.40. The maximum atomic E-state index is 11.8. The summed E-state index contributed by atoms with van der Waals surface area (Å²) < 4.78 is 0. The van der Waals surface area contributed by atoms with Crippen molar-refractivity contribution in [1.29, 1.82) is 0 Å². The van der Waals surface area contributed by atoms with Crippen LogP contribution in [0.4, 0.5) is 5.13 Å². The molecule has 124 valence electrons. The minimum atomic E-state index is -0.0660. The summed E-state index contributed by atoms with van der Waals surface area (Å²) in [5.41, 5.74) is 3.43. The van der Waals surface area contributed by atoms with E-state index in [2.05, 4.69) is 52.9 Å². The first kappa shape index (κ1) is 17.8. The smallest absolute Gasteiger partial charge is 0.240 e. The molecule has 5 nitrogen and oxygen atoms in total. The number of aryl methyl sites for hydroxylation is 2. The van der Waals surface area contributed by atoms with Crippen molar-refractivity contribution in [3.8, 4) is 10.6 Å². The van der Waals surface area contributed by atoms with E-state index in [-0.39, 0.29) is 18.3 Å². The number of hydrogen-bond donors (Lipinski definition) is 2. The Labute approximate surface area is 146 Å². The molecule has 0 radical (unpaired) electrons. The molecule has 1 amide bonds. The van der Waals surface area contributed by atoms with Crippen LogP contribution in [0.5, 0.6) is 0 Å². The lowest BCUT2D eigenvalue weighted by Crippen LogP contribution is -2.29. The molecular formula is C16H21ClN4OS. The van der Waals surface area contributed by atoms with E-state index in [1.807, 2.05) is 0 Å². The van der Waals surface area contributed by atoms with Gasteiger partial charge in [-0.15, -0.1) is 22.6 Å². The van der Waals surface area contributed by atoms with E-state index < -0.39 is 0 Å². The second-order valence-electron chi connectivity index (χ2n) is 5.91. The number of nitrogens with zero attached hydrogens (tertiary/aromatic N) is 2. The lowest BCUT2D eigenvalue weighted by atomic mass is 10.1. The first-order chi connectivity index (χ1) is 10.6. The summed E-state index contributed by atoms with van der Waals surface area (Å²) in [5.74, 6) is 0.703. The zero-order valence-electron chi connectivity index (χ0n) is 13.3. The number of anilines is 1. The fourth-order valence-corrected chi connectivity index (χ4v) is 3.11. The summed E-state index contributed by atoms with van der Waals surface area (Å²) in [6, 6.07) is 6.28. The number of aromatic nitrogens is 2. The monoisotopic (exact) mass is 352 g/mol. The number of carbonyl (C=O) groups excluding carboxylic acids is 1. The van der Waals surface area contributed by atoms with Crippen LogP contribution in [0.15, 0.2) is 18.2 Å². The van der Waals surface area contributed by atoms with Gasteiger partial charge < -0.3 is 5.32 Å². The van der Waals surface area contributed by atoms with Crippen molar-refractivity contribution < 1.29 is 4.79 Å². The van der Waals surface area contributed by atoms with Gasteiger partial charge in [0.25, 0.3) is 0 Å². The van der Waals surface area contributed by atoms with E-state index >= 15 is 0 Å². The standard InChI is InChI=1S/C16H20N4OS.ClH/c1-10-5-11(2)7-13(6-10)15-19-20-16(22-15)18-14(21)9-17-8-12-3-4-12;/h5-7,12,17H,3-4,8-9H2,1-2H3,(H,18,20,21);1H. The van der Waals surface area contributed by atoms with Gasteiger partial charge >= 0.3 is 0 Å². The average molecular weight is 353 g/mol. The second-order valence-corrected chi connectivity index (χ2v) is 6.89. The fraction of sp³-hybridized carbons (Fsp3) is 0.438. The molecule has 2 aromatic rings. The number of benzene rings is 1. The largest absolute Gasteiger partial charge is 0.308 e. The van der Waals surface area contributed by atoms with E-state index in [1.165, 1.54) is 35.3 Å². The predicted molar refractivity (Wildman–Crippen MR) is 96.3 cm³/mol. The third-order valence-electron chi connectivity index (χ3n) is 3.56. The molecule has 0 bridgehead atoms. The highest BCUT2D eigenvalue weighted by Gasteiger charge is 2.20. The molecule has 1 aliphatic rings. The van der Waals surface area contributed by atoms with Gasteiger partial charge in [-0.3, -0.25) is 10.1 Å². The quantitative estimate of drug-likeness (QED) is 0.837. The van der Waals surface area contributed by atoms with Crippen LogP contribution in [0.2, 0.25) is 0 Å². The van der Waals surface area contributed by atoms with Crippen molar-refractivity contribution in [2.24, 2.45) is 5.92 Å². The molecule has 0 unspecified atom stereocenters. The molecule has 1 fully saturated rings. The van der Waals surface area contributed by atoms with Crippen molar-refractivity contribution >= 4 is 34.8 Å². The van der Waals surface area contributed by atoms with Crippen LogP contribution in [0.3, 0.4) is 0 Å². The summed E-state index contributed by atoms with van der Waals surface area (Å²) in [6.45, 7) is 5.38. The van der Waals surface area contributed by atoms with E-state index in [0.717, 1.165) is 23.0 Å². The minimum Gasteiger partial charge on any atom is -0.308 e. The Morgan fingerprint density at radius 1 is 1.22 bits per heavy atom. The average Bonchev–Trinajstić information content (AvgIpc) is 3.15. The molecule has 2 N–H and O–H groups in total. The summed E-state index contributed by atoms with van der Waals surface area (Å²) in [7, 11) is 0. The van der Waals surface area contributed by atoms with Gasteiger partial charge in [0.2, 0.25) is 11.0 Å². The predicted octanol–water partition coefficient (Wildman–Crippen LogP) is 3.18. The molecule has 1 heterocycles. The van der Waals surface area contributed by atoms with Crippen LogP contribution in [0.25, 0.3) is 10.6 Å². The first-order valence-electron chi connectivity index (χ1n) is 7.53. The van der Waals surface area contributed by atoms with Gasteiger partial charge in [-0.1, -0.05) is 28.5 Å². The van der Waals surface area contributed by atoms with Gasteiger partial charge in [0.15, 0.2) is 0 Å². The Kier molecular flexibility index (Phi) is 6.10. The van der Waals surface area contributed by atoms with E-state index in [4.69, 9.17) is 0 Å². The zero-order valence-corrected chi connectivity index (χ0v) is 14.9. The fourth-order valence-electron chi connectivity index (χ4n) is 2.36. The summed E-state index contributed by atoms with van der Waals surface area (Å²) in [6.07, 6.45) is 2.56. The van der Waals surface area contributed by atoms with Gasteiger partial charge in [-0.25, -0.2) is 0 Å². The van der Waals surface area contributed by atoms with E-state index in [1.54, 1.807) is 0 Å². The van der Waals surface area contributed by atoms with Crippen molar-refractivity contribution in [2.45, 2.75) is 26.7 Å². The topological polar surface area (TPSA) is 66.9 Å². The highest BCUT2D eigenvalue weighted by Crippen LogP contribution is 2.28. The molecule has 3 rings (SSSR count). The number of halogens is 1. The highest BCUT2D eigenvalue weighted by atomic mass is 35.5. The molecule has 1 aromatic carbocycles. The Morgan fingerprint density at radius 3 is 2.57 bits per heavy atom.